The van der Waals surface area contributed by atoms with Crippen LogP contribution >= 0.6 is 11.6 Å². The molecule has 0 heterocycles. The maximum absolute atomic E-state index is 10.3. The number of ether oxygens (including phenoxy) is 1. The van der Waals surface area contributed by atoms with Crippen LogP contribution in [0.5, 0.6) is 0 Å². The summed E-state index contributed by atoms with van der Waals surface area (Å²) in [5.74, 6) is -0.610. The zero-order valence-electron chi connectivity index (χ0n) is 5.85. The van der Waals surface area contributed by atoms with Crippen molar-refractivity contribution in [2.75, 3.05) is 13.0 Å². The normalized spacial score (nSPS) is 12.3. The van der Waals surface area contributed by atoms with Crippen molar-refractivity contribution in [1.82, 2.24) is 0 Å². The minimum absolute atomic E-state index is 0.0919. The molecule has 0 aromatic heterocycles. The van der Waals surface area contributed by atoms with Gasteiger partial charge in [-0.05, 0) is 6.92 Å². The van der Waals surface area contributed by atoms with Crippen LogP contribution in [0.15, 0.2) is 11.3 Å². The van der Waals surface area contributed by atoms with Gasteiger partial charge < -0.3 is 9.84 Å². The lowest BCUT2D eigenvalue weighted by atomic mass is 10.3. The van der Waals surface area contributed by atoms with Gasteiger partial charge in [-0.15, -0.1) is 11.6 Å². The molecule has 0 aromatic carbocycles. The molecule has 0 bridgehead atoms. The second-order valence-corrected chi connectivity index (χ2v) is 1.96. The molecule has 0 aliphatic heterocycles. The average molecular weight is 165 g/mol. The predicted molar refractivity (Wildman–Crippen MR) is 38.1 cm³/mol. The lowest BCUT2D eigenvalue weighted by Gasteiger charge is -2.02. The van der Waals surface area contributed by atoms with E-state index in [-0.39, 0.29) is 11.5 Å². The zero-order valence-corrected chi connectivity index (χ0v) is 6.60. The quantitative estimate of drug-likeness (QED) is 0.388. The van der Waals surface area contributed by atoms with E-state index >= 15 is 0 Å². The van der Waals surface area contributed by atoms with Gasteiger partial charge in [0.15, 0.2) is 0 Å². The summed E-state index contributed by atoms with van der Waals surface area (Å²) in [6.07, 6.45) is 0. The largest absolute Gasteiger partial charge is 0.499 e. The van der Waals surface area contributed by atoms with Crippen LogP contribution in [0.2, 0.25) is 0 Å². The highest BCUT2D eigenvalue weighted by atomic mass is 35.5. The summed E-state index contributed by atoms with van der Waals surface area (Å²) in [5, 5.41) is 8.42. The number of alkyl halides is 1. The Bertz CT molecular complexity index is 156. The van der Waals surface area contributed by atoms with Crippen LogP contribution in [0.1, 0.15) is 6.92 Å². The highest BCUT2D eigenvalue weighted by Gasteiger charge is 2.07. The van der Waals surface area contributed by atoms with E-state index in [4.69, 9.17) is 16.7 Å². The number of carboxylic acid groups (broad SMARTS) is 1. The average Bonchev–Trinajstić information content (AvgIpc) is 1.90. The van der Waals surface area contributed by atoms with Gasteiger partial charge in [0.1, 0.15) is 5.76 Å². The minimum atomic E-state index is -1.00. The Labute approximate surface area is 64.2 Å². The van der Waals surface area contributed by atoms with E-state index in [0.29, 0.717) is 5.76 Å². The van der Waals surface area contributed by atoms with Gasteiger partial charge in [0.2, 0.25) is 0 Å². The van der Waals surface area contributed by atoms with Crippen molar-refractivity contribution in [3.63, 3.8) is 0 Å². The maximum atomic E-state index is 10.3. The van der Waals surface area contributed by atoms with Crippen LogP contribution in [0.25, 0.3) is 0 Å². The lowest BCUT2D eigenvalue weighted by molar-refractivity contribution is -0.132. The number of hydrogen-bond donors (Lipinski definition) is 1. The van der Waals surface area contributed by atoms with Crippen LogP contribution in [0, 0.1) is 0 Å². The standard InChI is InChI=1S/C6H9ClO3/c1-4(6(8)9)5(3-7)10-2/h3H2,1-2H3,(H,8,9)/b5-4-. The van der Waals surface area contributed by atoms with Gasteiger partial charge in [0, 0.05) is 0 Å². The SMILES string of the molecule is CO/C(CCl)=C(/C)C(=O)O. The molecule has 0 fully saturated rings. The predicted octanol–water partition coefficient (Wildman–Crippen LogP) is 1.23. The number of aliphatic carboxylic acids is 1. The van der Waals surface area contributed by atoms with E-state index < -0.39 is 5.97 Å². The molecule has 0 rings (SSSR count). The number of methoxy groups -OCH3 is 1. The van der Waals surface area contributed by atoms with Crippen molar-refractivity contribution in [3.8, 4) is 0 Å². The first-order valence-electron chi connectivity index (χ1n) is 2.66. The van der Waals surface area contributed by atoms with E-state index in [2.05, 4.69) is 4.74 Å². The van der Waals surface area contributed by atoms with Crippen LogP contribution < -0.4 is 0 Å². The van der Waals surface area contributed by atoms with Crippen LogP contribution in [0.4, 0.5) is 0 Å². The van der Waals surface area contributed by atoms with E-state index in [1.807, 2.05) is 0 Å². The lowest BCUT2D eigenvalue weighted by Crippen LogP contribution is -2.03. The molecule has 0 amide bonds. The Morgan fingerprint density at radius 2 is 2.20 bits per heavy atom. The molecule has 0 radical (unpaired) electrons. The number of carboxylic acids is 1. The third kappa shape index (κ3) is 2.27. The summed E-state index contributed by atoms with van der Waals surface area (Å²) in [7, 11) is 1.39. The molecule has 0 aliphatic rings. The first-order valence-corrected chi connectivity index (χ1v) is 3.20. The molecular formula is C6H9ClO3. The molecule has 58 valence electrons. The molecule has 0 saturated carbocycles. The van der Waals surface area contributed by atoms with Gasteiger partial charge in [-0.2, -0.15) is 0 Å². The fraction of sp³-hybridized carbons (Fsp3) is 0.500. The minimum Gasteiger partial charge on any atom is -0.499 e. The first kappa shape index (κ1) is 9.30. The molecule has 0 spiro atoms. The monoisotopic (exact) mass is 164 g/mol. The number of rotatable bonds is 3. The number of halogens is 1. The summed E-state index contributed by atoms with van der Waals surface area (Å²) in [6, 6.07) is 0. The molecule has 4 heteroatoms. The molecule has 0 aliphatic carbocycles. The Morgan fingerprint density at radius 3 is 2.30 bits per heavy atom. The van der Waals surface area contributed by atoms with Gasteiger partial charge in [-0.25, -0.2) is 4.79 Å². The molecular weight excluding hydrogens is 156 g/mol. The summed E-state index contributed by atoms with van der Waals surface area (Å²) in [5.41, 5.74) is 0.150. The highest BCUT2D eigenvalue weighted by molar-refractivity contribution is 6.19. The topological polar surface area (TPSA) is 46.5 Å². The summed E-state index contributed by atoms with van der Waals surface area (Å²) in [4.78, 5) is 10.3. The zero-order chi connectivity index (χ0) is 8.15. The fourth-order valence-electron chi connectivity index (χ4n) is 0.427. The van der Waals surface area contributed by atoms with Crippen molar-refractivity contribution in [3.05, 3.63) is 11.3 Å². The maximum Gasteiger partial charge on any atom is 0.334 e. The van der Waals surface area contributed by atoms with Gasteiger partial charge in [-0.3, -0.25) is 0 Å². The molecule has 0 aromatic rings. The second kappa shape index (κ2) is 4.17. The van der Waals surface area contributed by atoms with E-state index in [0.717, 1.165) is 0 Å². The van der Waals surface area contributed by atoms with E-state index in [9.17, 15) is 4.79 Å². The van der Waals surface area contributed by atoms with E-state index in [1.165, 1.54) is 14.0 Å². The van der Waals surface area contributed by atoms with Crippen molar-refractivity contribution in [2.24, 2.45) is 0 Å². The Morgan fingerprint density at radius 1 is 1.70 bits per heavy atom. The molecule has 10 heavy (non-hydrogen) atoms. The number of carbonyl (C=O) groups is 1. The fourth-order valence-corrected chi connectivity index (χ4v) is 0.737. The molecule has 0 saturated heterocycles. The van der Waals surface area contributed by atoms with Gasteiger partial charge >= 0.3 is 5.97 Å². The summed E-state index contributed by atoms with van der Waals surface area (Å²) >= 11 is 5.36. The van der Waals surface area contributed by atoms with Crippen molar-refractivity contribution in [2.45, 2.75) is 6.92 Å². The van der Waals surface area contributed by atoms with Gasteiger partial charge in [-0.1, -0.05) is 0 Å². The molecule has 0 atom stereocenters. The Balaban J connectivity index is 4.43. The summed E-state index contributed by atoms with van der Waals surface area (Å²) in [6.45, 7) is 1.45. The van der Waals surface area contributed by atoms with Crippen molar-refractivity contribution >= 4 is 17.6 Å². The van der Waals surface area contributed by atoms with Crippen molar-refractivity contribution in [1.29, 1.82) is 0 Å². The third-order valence-corrected chi connectivity index (χ3v) is 1.35. The second-order valence-electron chi connectivity index (χ2n) is 1.69. The van der Waals surface area contributed by atoms with Gasteiger partial charge in [0.25, 0.3) is 0 Å². The smallest absolute Gasteiger partial charge is 0.334 e. The number of allylic oxidation sites excluding steroid dienone is 1. The Kier molecular flexibility index (Phi) is 3.88. The van der Waals surface area contributed by atoms with Gasteiger partial charge in [0.05, 0.1) is 18.6 Å². The molecule has 1 N–H and O–H groups in total. The van der Waals surface area contributed by atoms with E-state index in [1.54, 1.807) is 0 Å². The third-order valence-electron chi connectivity index (χ3n) is 1.11. The number of hydrogen-bond acceptors (Lipinski definition) is 2. The molecule has 3 nitrogen and oxygen atoms in total. The molecule has 0 unspecified atom stereocenters. The highest BCUT2D eigenvalue weighted by Crippen LogP contribution is 2.06. The Hall–Kier alpha value is -0.700. The van der Waals surface area contributed by atoms with Crippen LogP contribution in [-0.4, -0.2) is 24.1 Å². The van der Waals surface area contributed by atoms with Crippen LogP contribution in [0.3, 0.4) is 0 Å². The first-order chi connectivity index (χ1) is 4.63. The van der Waals surface area contributed by atoms with Crippen molar-refractivity contribution < 1.29 is 14.6 Å². The van der Waals surface area contributed by atoms with Crippen LogP contribution in [-0.2, 0) is 9.53 Å². The summed E-state index contributed by atoms with van der Waals surface area (Å²) < 4.78 is 4.69.